The molecule has 34 heavy (non-hydrogen) atoms. The normalized spacial score (nSPS) is 19.5. The third-order valence-electron chi connectivity index (χ3n) is 6.41. The van der Waals surface area contributed by atoms with Gasteiger partial charge >= 0.3 is 0 Å². The van der Waals surface area contributed by atoms with Crippen LogP contribution in [0.1, 0.15) is 46.1 Å². The smallest absolute Gasteiger partial charge is 0.291 e. The SMILES string of the molecule is C=CCOc1ccc(C2c3c(oc4ccc(C)cc4c3=O)C(=O)N2CC2CCCO2)cc1OC. The van der Waals surface area contributed by atoms with Crippen molar-refractivity contribution >= 4 is 16.9 Å². The van der Waals surface area contributed by atoms with E-state index in [2.05, 4.69) is 6.58 Å². The third-order valence-corrected chi connectivity index (χ3v) is 6.41. The highest BCUT2D eigenvalue weighted by molar-refractivity contribution is 5.99. The quantitative estimate of drug-likeness (QED) is 0.486. The van der Waals surface area contributed by atoms with Gasteiger partial charge in [-0.05, 0) is 49.6 Å². The molecule has 7 nitrogen and oxygen atoms in total. The molecule has 1 saturated heterocycles. The van der Waals surface area contributed by atoms with Crippen molar-refractivity contribution in [1.82, 2.24) is 4.90 Å². The number of amides is 1. The van der Waals surface area contributed by atoms with Gasteiger partial charge in [-0.15, -0.1) is 0 Å². The van der Waals surface area contributed by atoms with Crippen LogP contribution in [-0.2, 0) is 4.74 Å². The maximum absolute atomic E-state index is 13.7. The first-order valence-corrected chi connectivity index (χ1v) is 11.4. The number of hydrogen-bond acceptors (Lipinski definition) is 6. The van der Waals surface area contributed by atoms with Gasteiger partial charge in [0.1, 0.15) is 12.2 Å². The molecule has 2 atom stereocenters. The maximum atomic E-state index is 13.7. The Balaban J connectivity index is 1.67. The minimum Gasteiger partial charge on any atom is -0.493 e. The summed E-state index contributed by atoms with van der Waals surface area (Å²) >= 11 is 0. The molecular formula is C27H27NO6. The molecule has 5 rings (SSSR count). The van der Waals surface area contributed by atoms with Crippen LogP contribution >= 0.6 is 0 Å². The van der Waals surface area contributed by atoms with Gasteiger partial charge < -0.3 is 23.5 Å². The molecule has 0 aliphatic carbocycles. The Morgan fingerprint density at radius 3 is 2.76 bits per heavy atom. The number of methoxy groups -OCH3 is 1. The second kappa shape index (κ2) is 8.99. The van der Waals surface area contributed by atoms with Crippen molar-refractivity contribution in [2.75, 3.05) is 26.9 Å². The number of benzene rings is 2. The zero-order chi connectivity index (χ0) is 23.8. The van der Waals surface area contributed by atoms with Gasteiger partial charge in [0.15, 0.2) is 16.9 Å². The van der Waals surface area contributed by atoms with Gasteiger partial charge in [-0.1, -0.05) is 30.4 Å². The molecule has 1 amide bonds. The lowest BCUT2D eigenvalue weighted by Crippen LogP contribution is -2.36. The van der Waals surface area contributed by atoms with E-state index in [0.29, 0.717) is 47.8 Å². The lowest BCUT2D eigenvalue weighted by Gasteiger charge is -2.28. The molecule has 3 aromatic rings. The Morgan fingerprint density at radius 2 is 2.03 bits per heavy atom. The monoisotopic (exact) mass is 461 g/mol. The third kappa shape index (κ3) is 3.76. The van der Waals surface area contributed by atoms with E-state index >= 15 is 0 Å². The van der Waals surface area contributed by atoms with Crippen LogP contribution in [0, 0.1) is 6.92 Å². The molecule has 2 aliphatic heterocycles. The average Bonchev–Trinajstić information content (AvgIpc) is 3.45. The van der Waals surface area contributed by atoms with Crippen molar-refractivity contribution in [2.24, 2.45) is 0 Å². The van der Waals surface area contributed by atoms with Gasteiger partial charge in [0, 0.05) is 13.2 Å². The number of fused-ring (bicyclic) bond motifs is 2. The van der Waals surface area contributed by atoms with Crippen LogP contribution in [0.15, 0.2) is 58.3 Å². The number of hydrogen-bond donors (Lipinski definition) is 0. The predicted octanol–water partition coefficient (Wildman–Crippen LogP) is 4.40. The van der Waals surface area contributed by atoms with Crippen molar-refractivity contribution in [1.29, 1.82) is 0 Å². The minimum absolute atomic E-state index is 0.0791. The zero-order valence-electron chi connectivity index (χ0n) is 19.3. The largest absolute Gasteiger partial charge is 0.493 e. The fourth-order valence-corrected chi connectivity index (χ4v) is 4.80. The van der Waals surface area contributed by atoms with E-state index < -0.39 is 6.04 Å². The van der Waals surface area contributed by atoms with Gasteiger partial charge in [0.2, 0.25) is 5.76 Å². The van der Waals surface area contributed by atoms with E-state index in [1.165, 1.54) is 0 Å². The minimum atomic E-state index is -0.616. The van der Waals surface area contributed by atoms with Crippen molar-refractivity contribution < 1.29 is 23.4 Å². The van der Waals surface area contributed by atoms with Crippen LogP contribution in [0.3, 0.4) is 0 Å². The molecule has 0 spiro atoms. The molecule has 1 fully saturated rings. The standard InChI is InChI=1S/C27H27NO6/c1-4-11-33-21-10-8-17(14-22(21)31-3)24-23-25(29)19-13-16(2)7-9-20(19)34-26(23)27(30)28(24)15-18-6-5-12-32-18/h4,7-10,13-14,18,24H,1,5-6,11-12,15H2,2-3H3. The topological polar surface area (TPSA) is 78.2 Å². The van der Waals surface area contributed by atoms with Crippen LogP contribution < -0.4 is 14.9 Å². The van der Waals surface area contributed by atoms with Crippen molar-refractivity contribution in [3.63, 3.8) is 0 Å². The van der Waals surface area contributed by atoms with Crippen LogP contribution in [0.5, 0.6) is 11.5 Å². The Labute approximate surface area is 197 Å². The second-order valence-corrected chi connectivity index (χ2v) is 8.68. The number of carbonyl (C=O) groups is 1. The number of ether oxygens (including phenoxy) is 3. The molecule has 0 radical (unpaired) electrons. The number of nitrogens with zero attached hydrogens (tertiary/aromatic N) is 1. The fourth-order valence-electron chi connectivity index (χ4n) is 4.80. The van der Waals surface area contributed by atoms with Gasteiger partial charge in [-0.2, -0.15) is 0 Å². The van der Waals surface area contributed by atoms with Crippen LogP contribution in [0.4, 0.5) is 0 Å². The van der Waals surface area contributed by atoms with Crippen molar-refractivity contribution in [3.8, 4) is 11.5 Å². The van der Waals surface area contributed by atoms with Gasteiger partial charge in [-0.25, -0.2) is 0 Å². The van der Waals surface area contributed by atoms with E-state index in [1.807, 2.05) is 25.1 Å². The van der Waals surface area contributed by atoms with Crippen LogP contribution in [0.25, 0.3) is 11.0 Å². The van der Waals surface area contributed by atoms with Gasteiger partial charge in [0.05, 0.1) is 30.2 Å². The van der Waals surface area contributed by atoms with Gasteiger partial charge in [-0.3, -0.25) is 9.59 Å². The summed E-state index contributed by atoms with van der Waals surface area (Å²) in [5, 5.41) is 0.466. The average molecular weight is 462 g/mol. The van der Waals surface area contributed by atoms with E-state index in [1.54, 1.807) is 36.3 Å². The molecule has 1 aromatic heterocycles. The second-order valence-electron chi connectivity index (χ2n) is 8.68. The Morgan fingerprint density at radius 1 is 1.18 bits per heavy atom. The molecule has 2 unspecified atom stereocenters. The highest BCUT2D eigenvalue weighted by Gasteiger charge is 2.44. The predicted molar refractivity (Wildman–Crippen MR) is 128 cm³/mol. The highest BCUT2D eigenvalue weighted by Crippen LogP contribution is 2.41. The lowest BCUT2D eigenvalue weighted by atomic mass is 9.97. The van der Waals surface area contributed by atoms with Crippen LogP contribution in [-0.4, -0.2) is 43.8 Å². The number of rotatable bonds is 7. The first-order valence-electron chi connectivity index (χ1n) is 11.4. The summed E-state index contributed by atoms with van der Waals surface area (Å²) in [5.74, 6) is 0.859. The van der Waals surface area contributed by atoms with Crippen LogP contribution in [0.2, 0.25) is 0 Å². The summed E-state index contributed by atoms with van der Waals surface area (Å²) < 4.78 is 23.1. The first kappa shape index (κ1) is 22.2. The molecule has 7 heteroatoms. The summed E-state index contributed by atoms with van der Waals surface area (Å²) in [5.41, 5.74) is 2.25. The summed E-state index contributed by atoms with van der Waals surface area (Å²) in [7, 11) is 1.56. The molecule has 0 N–H and O–H groups in total. The Kier molecular flexibility index (Phi) is 5.87. The molecule has 0 saturated carbocycles. The van der Waals surface area contributed by atoms with E-state index in [9.17, 15) is 9.59 Å². The maximum Gasteiger partial charge on any atom is 0.291 e. The summed E-state index contributed by atoms with van der Waals surface area (Å²) in [6.07, 6.45) is 3.39. The number of carbonyl (C=O) groups excluding carboxylic acids is 1. The highest BCUT2D eigenvalue weighted by atomic mass is 16.5. The van der Waals surface area contributed by atoms with Crippen molar-refractivity contribution in [3.05, 3.63) is 81.7 Å². The summed E-state index contributed by atoms with van der Waals surface area (Å²) in [6.45, 7) is 6.98. The Hall–Kier alpha value is -3.58. The molecule has 2 aromatic carbocycles. The van der Waals surface area contributed by atoms with Crippen molar-refractivity contribution in [2.45, 2.75) is 31.9 Å². The first-order chi connectivity index (χ1) is 16.5. The Bertz CT molecular complexity index is 1320. The van der Waals surface area contributed by atoms with E-state index in [-0.39, 0.29) is 23.2 Å². The number of aryl methyl sites for hydroxylation is 1. The lowest BCUT2D eigenvalue weighted by molar-refractivity contribution is 0.0486. The molecular weight excluding hydrogens is 434 g/mol. The molecule has 2 aliphatic rings. The fraction of sp³-hybridized carbons (Fsp3) is 0.333. The van der Waals surface area contributed by atoms with Gasteiger partial charge in [0.25, 0.3) is 5.91 Å². The molecule has 0 bridgehead atoms. The van der Waals surface area contributed by atoms with E-state index in [0.717, 1.165) is 24.0 Å². The summed E-state index contributed by atoms with van der Waals surface area (Å²) in [4.78, 5) is 29.0. The zero-order valence-corrected chi connectivity index (χ0v) is 19.3. The molecule has 3 heterocycles. The van der Waals surface area contributed by atoms with E-state index in [4.69, 9.17) is 18.6 Å². The summed E-state index contributed by atoms with van der Waals surface area (Å²) in [6, 6.07) is 10.3. The molecule has 176 valence electrons.